The van der Waals surface area contributed by atoms with Crippen LogP contribution in [0.5, 0.6) is 0 Å². The van der Waals surface area contributed by atoms with Crippen LogP contribution in [0.1, 0.15) is 11.1 Å². The van der Waals surface area contributed by atoms with Gasteiger partial charge in [-0.25, -0.2) is 10.2 Å². The number of hydrogen-bond acceptors (Lipinski definition) is 2. The molecule has 0 radical (unpaired) electrons. The van der Waals surface area contributed by atoms with Gasteiger partial charge in [0.05, 0.1) is 6.42 Å². The number of nitrogens with two attached hydrogens (primary N) is 1. The summed E-state index contributed by atoms with van der Waals surface area (Å²) in [5, 5.41) is 0.953. The largest absolute Gasteiger partial charge is 0.284 e. The molecular formula is C10H12BrFN2O. The zero-order valence-corrected chi connectivity index (χ0v) is 10.1. The Morgan fingerprint density at radius 1 is 1.60 bits per heavy atom. The highest BCUT2D eigenvalue weighted by molar-refractivity contribution is 9.10. The first kappa shape index (κ1) is 12.1. The van der Waals surface area contributed by atoms with E-state index in [4.69, 9.17) is 5.84 Å². The Labute approximate surface area is 96.2 Å². The van der Waals surface area contributed by atoms with E-state index in [1.165, 1.54) is 13.1 Å². The lowest BCUT2D eigenvalue weighted by atomic mass is 10.1. The number of aryl methyl sites for hydroxylation is 1. The molecule has 0 fully saturated rings. The Bertz CT molecular complexity index is 393. The Hall–Kier alpha value is -0.940. The first-order valence-corrected chi connectivity index (χ1v) is 5.17. The molecule has 0 aliphatic heterocycles. The predicted octanol–water partition coefficient (Wildman–Crippen LogP) is 1.77. The molecule has 1 aromatic rings. The van der Waals surface area contributed by atoms with Gasteiger partial charge in [-0.15, -0.1) is 0 Å². The summed E-state index contributed by atoms with van der Waals surface area (Å²) >= 11 is 3.26. The molecule has 0 aliphatic rings. The quantitative estimate of drug-likeness (QED) is 0.508. The minimum atomic E-state index is -0.400. The average molecular weight is 275 g/mol. The van der Waals surface area contributed by atoms with Crippen molar-refractivity contribution in [2.75, 3.05) is 7.05 Å². The summed E-state index contributed by atoms with van der Waals surface area (Å²) in [6, 6.07) is 3.00. The van der Waals surface area contributed by atoms with Crippen LogP contribution in [-0.4, -0.2) is 18.0 Å². The molecule has 15 heavy (non-hydrogen) atoms. The fourth-order valence-electron chi connectivity index (χ4n) is 1.15. The van der Waals surface area contributed by atoms with Crippen LogP contribution >= 0.6 is 15.9 Å². The van der Waals surface area contributed by atoms with Gasteiger partial charge in [-0.2, -0.15) is 0 Å². The number of rotatable bonds is 2. The number of hydrazine groups is 1. The van der Waals surface area contributed by atoms with Crippen molar-refractivity contribution in [1.29, 1.82) is 0 Å². The van der Waals surface area contributed by atoms with E-state index in [1.807, 2.05) is 6.92 Å². The van der Waals surface area contributed by atoms with Gasteiger partial charge in [-0.1, -0.05) is 22.0 Å². The number of carbonyl (C=O) groups excluding carboxylic acids is 1. The third-order valence-electron chi connectivity index (χ3n) is 2.10. The number of benzene rings is 1. The summed E-state index contributed by atoms with van der Waals surface area (Å²) < 4.78 is 14.0. The van der Waals surface area contributed by atoms with Gasteiger partial charge in [0.2, 0.25) is 5.91 Å². The van der Waals surface area contributed by atoms with E-state index < -0.39 is 5.82 Å². The maximum Gasteiger partial charge on any atom is 0.240 e. The Kier molecular flexibility index (Phi) is 3.82. The highest BCUT2D eigenvalue weighted by Gasteiger charge is 2.14. The number of carbonyl (C=O) groups is 1. The standard InChI is InChI=1S/C10H12BrFN2O/c1-6-3-4-8(12)7(10(6)11)5-9(15)14(2)13/h3-4H,5,13H2,1-2H3. The van der Waals surface area contributed by atoms with E-state index in [1.54, 1.807) is 6.07 Å². The molecule has 0 saturated carbocycles. The molecule has 0 spiro atoms. The number of nitrogens with zero attached hydrogens (tertiary/aromatic N) is 1. The van der Waals surface area contributed by atoms with Crippen molar-refractivity contribution in [2.45, 2.75) is 13.3 Å². The van der Waals surface area contributed by atoms with Crippen LogP contribution in [0.4, 0.5) is 4.39 Å². The fraction of sp³-hybridized carbons (Fsp3) is 0.300. The van der Waals surface area contributed by atoms with Crippen LogP contribution in [-0.2, 0) is 11.2 Å². The van der Waals surface area contributed by atoms with Gasteiger partial charge in [-0.05, 0) is 18.6 Å². The van der Waals surface area contributed by atoms with Crippen molar-refractivity contribution < 1.29 is 9.18 Å². The molecule has 3 nitrogen and oxygen atoms in total. The molecule has 0 unspecified atom stereocenters. The van der Waals surface area contributed by atoms with Gasteiger partial charge in [0.1, 0.15) is 5.82 Å². The lowest BCUT2D eigenvalue weighted by Crippen LogP contribution is -2.34. The highest BCUT2D eigenvalue weighted by Crippen LogP contribution is 2.24. The minimum Gasteiger partial charge on any atom is -0.284 e. The number of amides is 1. The summed E-state index contributed by atoms with van der Waals surface area (Å²) in [4.78, 5) is 11.3. The van der Waals surface area contributed by atoms with Gasteiger partial charge in [0, 0.05) is 17.1 Å². The van der Waals surface area contributed by atoms with Gasteiger partial charge < -0.3 is 0 Å². The molecule has 0 heterocycles. The third kappa shape index (κ3) is 2.76. The minimum absolute atomic E-state index is 0.0406. The van der Waals surface area contributed by atoms with Crippen LogP contribution in [0.25, 0.3) is 0 Å². The molecule has 1 rings (SSSR count). The number of hydrogen-bond donors (Lipinski definition) is 1. The smallest absolute Gasteiger partial charge is 0.240 e. The van der Waals surface area contributed by atoms with Gasteiger partial charge >= 0.3 is 0 Å². The van der Waals surface area contributed by atoms with Crippen molar-refractivity contribution >= 4 is 21.8 Å². The average Bonchev–Trinajstić information content (AvgIpc) is 2.18. The first-order chi connectivity index (χ1) is 6.93. The summed E-state index contributed by atoms with van der Waals surface area (Å²) in [5.74, 6) is 4.53. The van der Waals surface area contributed by atoms with Crippen molar-refractivity contribution in [1.82, 2.24) is 5.01 Å². The maximum absolute atomic E-state index is 13.4. The molecule has 1 amide bonds. The van der Waals surface area contributed by atoms with Crippen LogP contribution in [0.15, 0.2) is 16.6 Å². The SMILES string of the molecule is Cc1ccc(F)c(CC(=O)N(C)N)c1Br. The Morgan fingerprint density at radius 3 is 2.73 bits per heavy atom. The zero-order valence-electron chi connectivity index (χ0n) is 8.55. The normalized spacial score (nSPS) is 10.2. The van der Waals surface area contributed by atoms with Crippen LogP contribution in [0.3, 0.4) is 0 Å². The van der Waals surface area contributed by atoms with E-state index in [9.17, 15) is 9.18 Å². The molecule has 0 atom stereocenters. The molecule has 5 heteroatoms. The monoisotopic (exact) mass is 274 g/mol. The van der Waals surface area contributed by atoms with Crippen molar-refractivity contribution in [3.05, 3.63) is 33.5 Å². The first-order valence-electron chi connectivity index (χ1n) is 4.38. The van der Waals surface area contributed by atoms with E-state index in [0.717, 1.165) is 10.6 Å². The summed E-state index contributed by atoms with van der Waals surface area (Å²) in [6.07, 6.45) is -0.0406. The third-order valence-corrected chi connectivity index (χ3v) is 3.20. The molecule has 2 N–H and O–H groups in total. The van der Waals surface area contributed by atoms with Crippen molar-refractivity contribution in [2.24, 2.45) is 5.84 Å². The second kappa shape index (κ2) is 4.72. The Morgan fingerprint density at radius 2 is 2.20 bits per heavy atom. The second-order valence-electron chi connectivity index (χ2n) is 3.34. The van der Waals surface area contributed by atoms with E-state index in [2.05, 4.69) is 15.9 Å². The molecule has 82 valence electrons. The number of halogens is 2. The van der Waals surface area contributed by atoms with Crippen LogP contribution < -0.4 is 5.84 Å². The van der Waals surface area contributed by atoms with Gasteiger partial charge in [0.15, 0.2) is 0 Å². The van der Waals surface area contributed by atoms with E-state index in [0.29, 0.717) is 10.0 Å². The highest BCUT2D eigenvalue weighted by atomic mass is 79.9. The second-order valence-corrected chi connectivity index (χ2v) is 4.13. The maximum atomic E-state index is 13.4. The fourth-order valence-corrected chi connectivity index (χ4v) is 1.61. The van der Waals surface area contributed by atoms with Crippen LogP contribution in [0, 0.1) is 12.7 Å². The molecule has 0 bridgehead atoms. The topological polar surface area (TPSA) is 46.3 Å². The molecule has 0 saturated heterocycles. The molecular weight excluding hydrogens is 263 g/mol. The van der Waals surface area contributed by atoms with Gasteiger partial charge in [-0.3, -0.25) is 9.80 Å². The predicted molar refractivity (Wildman–Crippen MR) is 59.5 cm³/mol. The number of likely N-dealkylation sites (N-methyl/N-ethyl adjacent to an activating group) is 1. The zero-order chi connectivity index (χ0) is 11.6. The lowest BCUT2D eigenvalue weighted by Gasteiger charge is -2.12. The summed E-state index contributed by atoms with van der Waals surface area (Å²) in [7, 11) is 1.43. The molecule has 0 aliphatic carbocycles. The van der Waals surface area contributed by atoms with Crippen molar-refractivity contribution in [3.63, 3.8) is 0 Å². The van der Waals surface area contributed by atoms with Gasteiger partial charge in [0.25, 0.3) is 0 Å². The molecule has 0 aromatic heterocycles. The molecule has 1 aromatic carbocycles. The summed E-state index contributed by atoms with van der Waals surface area (Å²) in [5.41, 5.74) is 1.23. The van der Waals surface area contributed by atoms with Crippen molar-refractivity contribution in [3.8, 4) is 0 Å². The Balaban J connectivity index is 3.04. The van der Waals surface area contributed by atoms with E-state index >= 15 is 0 Å². The van der Waals surface area contributed by atoms with Crippen LogP contribution in [0.2, 0.25) is 0 Å². The lowest BCUT2D eigenvalue weighted by molar-refractivity contribution is -0.129. The summed E-state index contributed by atoms with van der Waals surface area (Å²) in [6.45, 7) is 1.84. The van der Waals surface area contributed by atoms with E-state index in [-0.39, 0.29) is 12.3 Å².